The Morgan fingerprint density at radius 2 is 1.83 bits per heavy atom. The molecule has 0 aliphatic rings. The van der Waals surface area contributed by atoms with E-state index >= 15 is 0 Å². The van der Waals surface area contributed by atoms with Crippen LogP contribution in [0.1, 0.15) is 40.5 Å². The average Bonchev–Trinajstić information content (AvgIpc) is 2.42. The Bertz CT molecular complexity index is 565. The van der Waals surface area contributed by atoms with E-state index in [4.69, 9.17) is 4.84 Å². The van der Waals surface area contributed by atoms with Gasteiger partial charge in [0, 0.05) is 12.6 Å². The second kappa shape index (κ2) is 7.88. The summed E-state index contributed by atoms with van der Waals surface area (Å²) in [5.41, 5.74) is 0.164. The van der Waals surface area contributed by atoms with Crippen molar-refractivity contribution in [1.82, 2.24) is 0 Å². The largest absolute Gasteiger partial charge is 0.573 e. The molecule has 0 aliphatic heterocycles. The third-order valence-electron chi connectivity index (χ3n) is 2.97. The van der Waals surface area contributed by atoms with E-state index in [9.17, 15) is 17.6 Å². The Labute approximate surface area is 139 Å². The van der Waals surface area contributed by atoms with Gasteiger partial charge < -0.3 is 4.74 Å². The molecule has 1 aromatic carbocycles. The second-order valence-electron chi connectivity index (χ2n) is 6.32. The summed E-state index contributed by atoms with van der Waals surface area (Å²) < 4.78 is 55.1. The quantitative estimate of drug-likeness (QED) is 0.362. The van der Waals surface area contributed by atoms with E-state index in [1.165, 1.54) is 5.06 Å². The van der Waals surface area contributed by atoms with Gasteiger partial charge in [0.1, 0.15) is 17.3 Å². The fourth-order valence-corrected chi connectivity index (χ4v) is 1.86. The maximum absolute atomic E-state index is 14.2. The summed E-state index contributed by atoms with van der Waals surface area (Å²) in [6.45, 7) is 11.4. The van der Waals surface area contributed by atoms with Crippen molar-refractivity contribution in [1.29, 1.82) is 0 Å². The van der Waals surface area contributed by atoms with Gasteiger partial charge in [-0.1, -0.05) is 19.1 Å². The molecule has 7 heteroatoms. The molecule has 0 aromatic heterocycles. The van der Waals surface area contributed by atoms with Crippen molar-refractivity contribution in [2.75, 3.05) is 11.6 Å². The third kappa shape index (κ3) is 7.21. The SMILES string of the molecule is C=C(CC)CCN(OC(C)(C)C)c1cc(OC(F)(F)F)ccc1F. The molecular formula is C17H23F4NO2. The van der Waals surface area contributed by atoms with E-state index < -0.39 is 23.5 Å². The van der Waals surface area contributed by atoms with Crippen LogP contribution in [-0.2, 0) is 4.84 Å². The highest BCUT2D eigenvalue weighted by Gasteiger charge is 2.32. The highest BCUT2D eigenvalue weighted by atomic mass is 19.4. The topological polar surface area (TPSA) is 21.7 Å². The van der Waals surface area contributed by atoms with Gasteiger partial charge in [-0.25, -0.2) is 4.39 Å². The summed E-state index contributed by atoms with van der Waals surface area (Å²) in [7, 11) is 0. The highest BCUT2D eigenvalue weighted by molar-refractivity contribution is 5.50. The van der Waals surface area contributed by atoms with E-state index in [0.717, 1.165) is 30.2 Å². The van der Waals surface area contributed by atoms with Crippen molar-refractivity contribution in [2.45, 2.75) is 52.5 Å². The molecule has 0 amide bonds. The van der Waals surface area contributed by atoms with Gasteiger partial charge in [0.05, 0.1) is 5.60 Å². The molecule has 1 aromatic rings. The van der Waals surface area contributed by atoms with Gasteiger partial charge in [0.2, 0.25) is 0 Å². The zero-order valence-electron chi connectivity index (χ0n) is 14.3. The minimum atomic E-state index is -4.85. The number of hydroxylamine groups is 1. The number of nitrogens with zero attached hydrogens (tertiary/aromatic N) is 1. The van der Waals surface area contributed by atoms with E-state index in [-0.39, 0.29) is 12.2 Å². The number of rotatable bonds is 7. The number of hydrogen-bond acceptors (Lipinski definition) is 3. The van der Waals surface area contributed by atoms with Crippen LogP contribution < -0.4 is 9.80 Å². The van der Waals surface area contributed by atoms with Crippen LogP contribution in [0, 0.1) is 5.82 Å². The van der Waals surface area contributed by atoms with Crippen molar-refractivity contribution in [3.8, 4) is 5.75 Å². The van der Waals surface area contributed by atoms with Gasteiger partial charge in [-0.3, -0.25) is 9.90 Å². The first kappa shape index (κ1) is 20.3. The lowest BCUT2D eigenvalue weighted by molar-refractivity contribution is -0.274. The molecule has 0 saturated carbocycles. The average molecular weight is 349 g/mol. The lowest BCUT2D eigenvalue weighted by atomic mass is 10.1. The summed E-state index contributed by atoms with van der Waals surface area (Å²) in [6.07, 6.45) is -3.57. The summed E-state index contributed by atoms with van der Waals surface area (Å²) >= 11 is 0. The maximum atomic E-state index is 14.2. The van der Waals surface area contributed by atoms with E-state index in [0.29, 0.717) is 6.42 Å². The Balaban J connectivity index is 3.10. The van der Waals surface area contributed by atoms with Crippen molar-refractivity contribution >= 4 is 5.69 Å². The molecule has 0 heterocycles. The van der Waals surface area contributed by atoms with Crippen LogP contribution in [0.3, 0.4) is 0 Å². The van der Waals surface area contributed by atoms with Crippen LogP contribution in [-0.4, -0.2) is 18.5 Å². The Kier molecular flexibility index (Phi) is 6.66. The second-order valence-corrected chi connectivity index (χ2v) is 6.32. The van der Waals surface area contributed by atoms with Gasteiger partial charge in [0.25, 0.3) is 0 Å². The van der Waals surface area contributed by atoms with Crippen LogP contribution >= 0.6 is 0 Å². The van der Waals surface area contributed by atoms with Crippen LogP contribution in [0.5, 0.6) is 5.75 Å². The molecule has 1 rings (SSSR count). The Morgan fingerprint density at radius 1 is 1.21 bits per heavy atom. The fourth-order valence-electron chi connectivity index (χ4n) is 1.86. The molecule has 24 heavy (non-hydrogen) atoms. The lowest BCUT2D eigenvalue weighted by Crippen LogP contribution is -2.35. The molecule has 0 aliphatic carbocycles. The van der Waals surface area contributed by atoms with Gasteiger partial charge in [-0.15, -0.1) is 13.2 Å². The van der Waals surface area contributed by atoms with Crippen molar-refractivity contribution in [3.63, 3.8) is 0 Å². The van der Waals surface area contributed by atoms with Gasteiger partial charge in [-0.05, 0) is 45.7 Å². The molecule has 0 unspecified atom stereocenters. The molecule has 0 fully saturated rings. The maximum Gasteiger partial charge on any atom is 0.573 e. The molecule has 0 saturated heterocycles. The van der Waals surface area contributed by atoms with Crippen molar-refractivity contribution in [2.24, 2.45) is 0 Å². The predicted molar refractivity (Wildman–Crippen MR) is 85.3 cm³/mol. The lowest BCUT2D eigenvalue weighted by Gasteiger charge is -2.32. The Morgan fingerprint density at radius 3 is 2.33 bits per heavy atom. The first-order chi connectivity index (χ1) is 10.9. The first-order valence-electron chi connectivity index (χ1n) is 7.60. The number of halogens is 4. The minimum absolute atomic E-state index is 0.115. The summed E-state index contributed by atoms with van der Waals surface area (Å²) in [6, 6.07) is 2.82. The van der Waals surface area contributed by atoms with Crippen LogP contribution in [0.25, 0.3) is 0 Å². The van der Waals surface area contributed by atoms with Crippen LogP contribution in [0.15, 0.2) is 30.4 Å². The van der Waals surface area contributed by atoms with Crippen LogP contribution in [0.2, 0.25) is 0 Å². The predicted octanol–water partition coefficient (Wildman–Crippen LogP) is 5.62. The monoisotopic (exact) mass is 349 g/mol. The Hall–Kier alpha value is -1.76. The van der Waals surface area contributed by atoms with E-state index in [1.54, 1.807) is 20.8 Å². The zero-order chi connectivity index (χ0) is 18.5. The standard InChI is InChI=1S/C17H23F4NO2/c1-6-12(2)9-10-22(24-16(3,4)5)15-11-13(7-8-14(15)18)23-17(19,20)21/h7-8,11H,2,6,9-10H2,1,3-5H3. The first-order valence-corrected chi connectivity index (χ1v) is 7.60. The summed E-state index contributed by atoms with van der Waals surface area (Å²) in [4.78, 5) is 5.70. The number of benzene rings is 1. The van der Waals surface area contributed by atoms with Crippen LogP contribution in [0.4, 0.5) is 23.2 Å². The normalized spacial score (nSPS) is 12.2. The number of alkyl halides is 3. The number of anilines is 1. The molecule has 3 nitrogen and oxygen atoms in total. The number of ether oxygens (including phenoxy) is 1. The van der Waals surface area contributed by atoms with Gasteiger partial charge in [-0.2, -0.15) is 0 Å². The fraction of sp³-hybridized carbons (Fsp3) is 0.529. The third-order valence-corrected chi connectivity index (χ3v) is 2.97. The van der Waals surface area contributed by atoms with Crippen molar-refractivity contribution < 1.29 is 27.1 Å². The van der Waals surface area contributed by atoms with E-state index in [2.05, 4.69) is 11.3 Å². The molecule has 0 atom stereocenters. The van der Waals surface area contributed by atoms with Gasteiger partial charge in [0.15, 0.2) is 0 Å². The van der Waals surface area contributed by atoms with Crippen molar-refractivity contribution in [3.05, 3.63) is 36.2 Å². The molecule has 0 spiro atoms. The minimum Gasteiger partial charge on any atom is -0.406 e. The molecular weight excluding hydrogens is 326 g/mol. The molecule has 0 bridgehead atoms. The zero-order valence-corrected chi connectivity index (χ0v) is 14.3. The molecule has 136 valence electrons. The van der Waals surface area contributed by atoms with E-state index in [1.807, 2.05) is 6.92 Å². The summed E-state index contributed by atoms with van der Waals surface area (Å²) in [5, 5.41) is 1.25. The molecule has 0 N–H and O–H groups in total. The molecule has 0 radical (unpaired) electrons. The summed E-state index contributed by atoms with van der Waals surface area (Å²) in [5.74, 6) is -1.20. The number of hydrogen-bond donors (Lipinski definition) is 0. The smallest absolute Gasteiger partial charge is 0.406 e. The van der Waals surface area contributed by atoms with Gasteiger partial charge >= 0.3 is 6.36 Å². The highest BCUT2D eigenvalue weighted by Crippen LogP contribution is 2.31.